The second kappa shape index (κ2) is 13.6. The van der Waals surface area contributed by atoms with Crippen LogP contribution in [0.15, 0.2) is 53.4 Å². The molecule has 0 heterocycles. The Hall–Kier alpha value is -3.29. The van der Waals surface area contributed by atoms with E-state index in [9.17, 15) is 37.8 Å². The number of anilines is 1. The third kappa shape index (κ3) is 10.7. The van der Waals surface area contributed by atoms with Gasteiger partial charge in [0.1, 0.15) is 0 Å². The van der Waals surface area contributed by atoms with E-state index >= 15 is 0 Å². The van der Waals surface area contributed by atoms with Crippen molar-refractivity contribution in [1.82, 2.24) is 10.2 Å². The zero-order valence-electron chi connectivity index (χ0n) is 18.2. The van der Waals surface area contributed by atoms with Crippen LogP contribution in [0, 0.1) is 0 Å². The molecule has 0 unspecified atom stereocenters. The molecule has 191 valence electrons. The van der Waals surface area contributed by atoms with Crippen LogP contribution in [0.2, 0.25) is 0 Å². The zero-order valence-corrected chi connectivity index (χ0v) is 19.9. The molecule has 0 aromatic heterocycles. The van der Waals surface area contributed by atoms with Crippen molar-refractivity contribution in [2.75, 3.05) is 31.5 Å². The van der Waals surface area contributed by atoms with Gasteiger partial charge in [-0.3, -0.25) is 14.5 Å². The first kappa shape index (κ1) is 29.7. The summed E-state index contributed by atoms with van der Waals surface area (Å²) in [5.41, 5.74) is 1.27. The minimum absolute atomic E-state index is 0. The topological polar surface area (TPSA) is 202 Å². The molecule has 0 aliphatic heterocycles. The van der Waals surface area contributed by atoms with Crippen LogP contribution in [0.25, 0.3) is 0 Å². The van der Waals surface area contributed by atoms with Gasteiger partial charge in [-0.15, -0.1) is 0 Å². The van der Waals surface area contributed by atoms with Crippen molar-refractivity contribution in [3.63, 3.8) is 0 Å². The fourth-order valence-electron chi connectivity index (χ4n) is 2.94. The van der Waals surface area contributed by atoms with Gasteiger partial charge in [0.15, 0.2) is 0 Å². The maximum Gasteiger partial charge on any atom is 2.00 e. The van der Waals surface area contributed by atoms with E-state index in [2.05, 4.69) is 10.6 Å². The smallest absolute Gasteiger partial charge is 0.549 e. The van der Waals surface area contributed by atoms with E-state index in [4.69, 9.17) is 5.14 Å². The Kier molecular flexibility index (Phi) is 11.5. The van der Waals surface area contributed by atoms with Crippen LogP contribution in [-0.2, 0) is 47.9 Å². The molecule has 0 aliphatic rings. The summed E-state index contributed by atoms with van der Waals surface area (Å²) < 4.78 is 22.6. The number of carboxylic acid groups (broad SMARTS) is 2. The molecule has 14 heteroatoms. The number of aliphatic carboxylic acids is 2. The van der Waals surface area contributed by atoms with Gasteiger partial charge < -0.3 is 30.4 Å². The molecule has 2 amide bonds. The van der Waals surface area contributed by atoms with Gasteiger partial charge in [-0.2, -0.15) is 0 Å². The molecule has 0 saturated carbocycles. The van der Waals surface area contributed by atoms with Gasteiger partial charge >= 0.3 is 17.1 Å². The minimum atomic E-state index is -3.78. The molecule has 0 aliphatic carbocycles. The number of hydrogen-bond acceptors (Lipinski definition) is 9. The van der Waals surface area contributed by atoms with Crippen LogP contribution in [0.3, 0.4) is 0 Å². The van der Waals surface area contributed by atoms with Crippen molar-refractivity contribution >= 4 is 39.5 Å². The van der Waals surface area contributed by atoms with E-state index in [0.717, 1.165) is 10.5 Å². The van der Waals surface area contributed by atoms with E-state index in [1.807, 2.05) is 0 Å². The first-order chi connectivity index (χ1) is 15.9. The molecular formula is C21H22CuN4O8S. The largest absolute Gasteiger partial charge is 2.00 e. The number of sulfonamides is 1. The Labute approximate surface area is 212 Å². The summed E-state index contributed by atoms with van der Waals surface area (Å²) in [6.07, 6.45) is 0.430. The number of carbonyl (C=O) groups excluding carboxylic acids is 4. The number of nitrogens with one attached hydrogen (secondary N) is 2. The molecule has 35 heavy (non-hydrogen) atoms. The fraction of sp³-hybridized carbons (Fsp3) is 0.238. The Bertz CT molecular complexity index is 1160. The predicted octanol–water partition coefficient (Wildman–Crippen LogP) is -2.96. The number of primary sulfonamides is 1. The Morgan fingerprint density at radius 1 is 0.914 bits per heavy atom. The maximum atomic E-state index is 12.4. The van der Waals surface area contributed by atoms with Crippen LogP contribution in [-0.4, -0.2) is 63.2 Å². The van der Waals surface area contributed by atoms with Crippen LogP contribution in [0.4, 0.5) is 5.69 Å². The molecule has 0 saturated heterocycles. The number of carbonyl (C=O) groups is 4. The van der Waals surface area contributed by atoms with Gasteiger partial charge in [0.25, 0.3) is 5.91 Å². The van der Waals surface area contributed by atoms with Crippen molar-refractivity contribution in [3.05, 3.63) is 59.7 Å². The number of amides is 2. The normalized spacial score (nSPS) is 10.8. The van der Waals surface area contributed by atoms with Crippen molar-refractivity contribution in [2.45, 2.75) is 11.3 Å². The molecule has 12 nitrogen and oxygen atoms in total. The third-order valence-electron chi connectivity index (χ3n) is 4.43. The van der Waals surface area contributed by atoms with E-state index in [-0.39, 0.29) is 39.8 Å². The molecule has 2 aromatic carbocycles. The van der Waals surface area contributed by atoms with Crippen LogP contribution in [0.5, 0.6) is 0 Å². The standard InChI is InChI=1S/C21H24N4O8S.Cu/c22-34(32,33)17-6-4-14(5-7-17)8-9-23-21(31)15-2-1-3-16(10-15)24-18(26)11-25(12-19(27)28)13-20(29)30;/h1-7,10H,8-9,11-13H2,(H,23,31)(H,24,26)(H,27,28)(H,29,30)(H2,22,32,33);/q;+2/p-2. The summed E-state index contributed by atoms with van der Waals surface area (Å²) in [5.74, 6) is -4.21. The van der Waals surface area contributed by atoms with Crippen molar-refractivity contribution in [2.24, 2.45) is 5.14 Å². The zero-order chi connectivity index (χ0) is 25.3. The molecule has 0 fully saturated rings. The summed E-state index contributed by atoms with van der Waals surface area (Å²) in [6.45, 7) is -1.82. The van der Waals surface area contributed by atoms with Gasteiger partial charge in [-0.05, 0) is 42.3 Å². The monoisotopic (exact) mass is 553 g/mol. The summed E-state index contributed by atoms with van der Waals surface area (Å²) in [4.78, 5) is 46.8. The number of nitrogens with two attached hydrogens (primary N) is 1. The Balaban J connectivity index is 0.00000612. The average Bonchev–Trinajstić information content (AvgIpc) is 2.72. The van der Waals surface area contributed by atoms with Gasteiger partial charge in [-0.25, -0.2) is 13.6 Å². The molecule has 0 atom stereocenters. The fourth-order valence-corrected chi connectivity index (χ4v) is 3.46. The van der Waals surface area contributed by atoms with Crippen molar-refractivity contribution in [1.29, 1.82) is 0 Å². The summed E-state index contributed by atoms with van der Waals surface area (Å²) in [5, 5.41) is 31.6. The first-order valence-corrected chi connectivity index (χ1v) is 11.4. The summed E-state index contributed by atoms with van der Waals surface area (Å²) >= 11 is 0. The second-order valence-corrected chi connectivity index (χ2v) is 8.77. The summed E-state index contributed by atoms with van der Waals surface area (Å²) in [7, 11) is -3.78. The van der Waals surface area contributed by atoms with Crippen molar-refractivity contribution < 1.29 is 54.9 Å². The predicted molar refractivity (Wildman–Crippen MR) is 115 cm³/mol. The minimum Gasteiger partial charge on any atom is -0.549 e. The molecule has 4 N–H and O–H groups in total. The second-order valence-electron chi connectivity index (χ2n) is 7.21. The van der Waals surface area contributed by atoms with Crippen LogP contribution in [0.1, 0.15) is 15.9 Å². The van der Waals surface area contributed by atoms with Crippen LogP contribution >= 0.6 is 0 Å². The van der Waals surface area contributed by atoms with Gasteiger partial charge in [0, 0.05) is 30.9 Å². The molecule has 1 radical (unpaired) electrons. The molecular weight excluding hydrogens is 532 g/mol. The average molecular weight is 554 g/mol. The number of rotatable bonds is 12. The van der Waals surface area contributed by atoms with E-state index in [0.29, 0.717) is 6.42 Å². The Morgan fingerprint density at radius 3 is 2.06 bits per heavy atom. The van der Waals surface area contributed by atoms with Crippen molar-refractivity contribution in [3.8, 4) is 0 Å². The maximum absolute atomic E-state index is 12.4. The number of carboxylic acids is 2. The van der Waals surface area contributed by atoms with Crippen LogP contribution < -0.4 is 26.0 Å². The SMILES string of the molecule is NS(=O)(=O)c1ccc(CCNC(=O)c2cccc(NC(=O)CN(CC(=O)[O-])CC(=O)[O-])c2)cc1.[Cu+2]. The number of benzene rings is 2. The number of nitrogens with zero attached hydrogens (tertiary/aromatic N) is 1. The van der Waals surface area contributed by atoms with E-state index in [1.165, 1.54) is 36.4 Å². The van der Waals surface area contributed by atoms with E-state index in [1.54, 1.807) is 12.1 Å². The number of hydrogen-bond donors (Lipinski definition) is 3. The van der Waals surface area contributed by atoms with Gasteiger partial charge in [-0.1, -0.05) is 18.2 Å². The van der Waals surface area contributed by atoms with E-state index < -0.39 is 53.4 Å². The molecule has 2 aromatic rings. The molecule has 2 rings (SSSR count). The first-order valence-electron chi connectivity index (χ1n) is 9.86. The van der Waals surface area contributed by atoms with Gasteiger partial charge in [0.2, 0.25) is 15.9 Å². The summed E-state index contributed by atoms with van der Waals surface area (Å²) in [6, 6.07) is 11.9. The quantitative estimate of drug-likeness (QED) is 0.229. The third-order valence-corrected chi connectivity index (χ3v) is 5.36. The molecule has 0 spiro atoms. The Morgan fingerprint density at radius 2 is 1.51 bits per heavy atom. The van der Waals surface area contributed by atoms with Gasteiger partial charge in [0.05, 0.1) is 23.4 Å². The molecule has 0 bridgehead atoms.